The normalized spacial score (nSPS) is 17.9. The molecule has 0 radical (unpaired) electrons. The quantitative estimate of drug-likeness (QED) is 0.842. The molecule has 1 aromatic carbocycles. The smallest absolute Gasteiger partial charge is 0.157 e. The van der Waals surface area contributed by atoms with Crippen LogP contribution in [0.15, 0.2) is 22.7 Å². The van der Waals surface area contributed by atoms with Gasteiger partial charge in [-0.2, -0.15) is 0 Å². The van der Waals surface area contributed by atoms with E-state index in [0.717, 1.165) is 31.2 Å². The van der Waals surface area contributed by atoms with E-state index in [0.29, 0.717) is 10.9 Å². The van der Waals surface area contributed by atoms with Gasteiger partial charge in [-0.05, 0) is 50.7 Å². The lowest BCUT2D eigenvalue weighted by molar-refractivity contribution is -0.128. The molecule has 0 aliphatic heterocycles. The third-order valence-corrected chi connectivity index (χ3v) is 4.55. The van der Waals surface area contributed by atoms with E-state index in [4.69, 9.17) is 0 Å². The molecule has 2 nitrogen and oxygen atoms in total. The number of carbonyl (C=O) groups excluding carboxylic acids is 1. The lowest BCUT2D eigenvalue weighted by Gasteiger charge is -2.34. The van der Waals surface area contributed by atoms with Crippen molar-refractivity contribution in [2.75, 3.05) is 14.1 Å². The molecule has 104 valence electrons. The van der Waals surface area contributed by atoms with E-state index in [1.54, 1.807) is 0 Å². The van der Waals surface area contributed by atoms with Crippen molar-refractivity contribution in [1.82, 2.24) is 4.90 Å². The monoisotopic (exact) mass is 327 g/mol. The van der Waals surface area contributed by atoms with E-state index in [2.05, 4.69) is 15.9 Å². The average Bonchev–Trinajstić information content (AvgIpc) is 2.77. The summed E-state index contributed by atoms with van der Waals surface area (Å²) in [6.07, 6.45) is 4.31. The van der Waals surface area contributed by atoms with Gasteiger partial charge >= 0.3 is 0 Å². The molecule has 19 heavy (non-hydrogen) atoms. The summed E-state index contributed by atoms with van der Waals surface area (Å²) >= 11 is 3.27. The minimum Gasteiger partial charge on any atom is -0.297 e. The molecule has 1 fully saturated rings. The van der Waals surface area contributed by atoms with Crippen LogP contribution in [0.4, 0.5) is 4.39 Å². The van der Waals surface area contributed by atoms with Gasteiger partial charge in [0.2, 0.25) is 0 Å². The Bertz CT molecular complexity index is 461. The first-order valence-corrected chi connectivity index (χ1v) is 7.39. The first kappa shape index (κ1) is 14.7. The second kappa shape index (κ2) is 5.71. The number of hydrogen-bond donors (Lipinski definition) is 0. The third kappa shape index (κ3) is 3.06. The first-order chi connectivity index (χ1) is 8.94. The average molecular weight is 328 g/mol. The Morgan fingerprint density at radius 2 is 1.95 bits per heavy atom. The Balaban J connectivity index is 2.20. The van der Waals surface area contributed by atoms with Crippen molar-refractivity contribution in [1.29, 1.82) is 0 Å². The van der Waals surface area contributed by atoms with Gasteiger partial charge in [0.25, 0.3) is 0 Å². The second-order valence-electron chi connectivity index (χ2n) is 5.51. The summed E-state index contributed by atoms with van der Waals surface area (Å²) in [7, 11) is 3.93. The predicted molar refractivity (Wildman–Crippen MR) is 77.7 cm³/mol. The fraction of sp³-hybridized carbons (Fsp3) is 0.533. The number of nitrogens with zero attached hydrogens (tertiary/aromatic N) is 1. The van der Waals surface area contributed by atoms with Crippen molar-refractivity contribution in [3.8, 4) is 0 Å². The van der Waals surface area contributed by atoms with E-state index in [-0.39, 0.29) is 17.1 Å². The number of Topliss-reactive ketones (excluding diaryl/α,β-unsaturated/α-hetero) is 1. The highest BCUT2D eigenvalue weighted by atomic mass is 79.9. The van der Waals surface area contributed by atoms with Gasteiger partial charge in [-0.25, -0.2) is 4.39 Å². The maximum Gasteiger partial charge on any atom is 0.157 e. The molecule has 0 saturated heterocycles. The van der Waals surface area contributed by atoms with E-state index >= 15 is 0 Å². The fourth-order valence-corrected chi connectivity index (χ4v) is 3.51. The van der Waals surface area contributed by atoms with Crippen molar-refractivity contribution in [3.05, 3.63) is 34.1 Å². The van der Waals surface area contributed by atoms with Crippen molar-refractivity contribution < 1.29 is 9.18 Å². The number of rotatable bonds is 4. The van der Waals surface area contributed by atoms with Crippen LogP contribution in [0.5, 0.6) is 0 Å². The molecule has 0 spiro atoms. The van der Waals surface area contributed by atoms with Gasteiger partial charge < -0.3 is 0 Å². The lowest BCUT2D eigenvalue weighted by Crippen LogP contribution is -2.49. The van der Waals surface area contributed by atoms with Crippen LogP contribution in [0.3, 0.4) is 0 Å². The molecule has 1 aliphatic rings. The Labute approximate surface area is 122 Å². The minimum atomic E-state index is -0.348. The van der Waals surface area contributed by atoms with Crippen LogP contribution in [0.1, 0.15) is 31.2 Å². The lowest BCUT2D eigenvalue weighted by atomic mass is 9.87. The van der Waals surface area contributed by atoms with E-state index in [9.17, 15) is 9.18 Å². The number of likely N-dealkylation sites (N-methyl/N-ethyl adjacent to an activating group) is 1. The standard InChI is InChI=1S/C15H19BrFNO/c1-18(2)15(5-3-4-6-15)14(19)9-11-7-12(16)10-13(17)8-11/h7-8,10H,3-6,9H2,1-2H3. The summed E-state index contributed by atoms with van der Waals surface area (Å²) in [4.78, 5) is 14.7. The number of hydrogen-bond acceptors (Lipinski definition) is 2. The summed E-state index contributed by atoms with van der Waals surface area (Å²) in [5, 5.41) is 0. The summed E-state index contributed by atoms with van der Waals surface area (Å²) < 4.78 is 14.0. The van der Waals surface area contributed by atoms with Crippen molar-refractivity contribution in [2.45, 2.75) is 37.6 Å². The van der Waals surface area contributed by atoms with Crippen LogP contribution < -0.4 is 0 Å². The molecule has 0 atom stereocenters. The molecule has 1 aromatic rings. The number of carbonyl (C=O) groups is 1. The minimum absolute atomic E-state index is 0.201. The Hall–Kier alpha value is -0.740. The zero-order valence-electron chi connectivity index (χ0n) is 11.4. The number of halogens is 2. The van der Waals surface area contributed by atoms with Crippen LogP contribution >= 0.6 is 15.9 Å². The molecule has 2 rings (SSSR count). The molecule has 0 unspecified atom stereocenters. The highest BCUT2D eigenvalue weighted by molar-refractivity contribution is 9.10. The summed E-state index contributed by atoms with van der Waals surface area (Å²) in [6.45, 7) is 0. The summed E-state index contributed by atoms with van der Waals surface area (Å²) in [6, 6.07) is 4.67. The van der Waals surface area contributed by atoms with Gasteiger partial charge in [-0.3, -0.25) is 9.69 Å². The van der Waals surface area contributed by atoms with Gasteiger partial charge in [-0.1, -0.05) is 28.8 Å². The largest absolute Gasteiger partial charge is 0.297 e. The summed E-state index contributed by atoms with van der Waals surface area (Å²) in [5.74, 6) is -0.102. The molecule has 0 heterocycles. The van der Waals surface area contributed by atoms with Gasteiger partial charge in [-0.15, -0.1) is 0 Å². The number of benzene rings is 1. The fourth-order valence-electron chi connectivity index (χ4n) is 3.00. The van der Waals surface area contributed by atoms with Crippen molar-refractivity contribution in [3.63, 3.8) is 0 Å². The van der Waals surface area contributed by atoms with Crippen molar-refractivity contribution in [2.24, 2.45) is 0 Å². The predicted octanol–water partition coefficient (Wildman–Crippen LogP) is 3.57. The van der Waals surface area contributed by atoms with Crippen LogP contribution in [-0.2, 0) is 11.2 Å². The molecule has 4 heteroatoms. The molecule has 0 bridgehead atoms. The number of ketones is 1. The highest BCUT2D eigenvalue weighted by Crippen LogP contribution is 2.35. The SMILES string of the molecule is CN(C)C1(C(=O)Cc2cc(F)cc(Br)c2)CCCC1. The van der Waals surface area contributed by atoms with E-state index in [1.165, 1.54) is 12.1 Å². The van der Waals surface area contributed by atoms with Crippen LogP contribution in [0.2, 0.25) is 0 Å². The molecule has 0 aromatic heterocycles. The van der Waals surface area contributed by atoms with Crippen LogP contribution in [0.25, 0.3) is 0 Å². The van der Waals surface area contributed by atoms with Crippen LogP contribution in [-0.4, -0.2) is 30.3 Å². The second-order valence-corrected chi connectivity index (χ2v) is 6.43. The molecule has 0 N–H and O–H groups in total. The summed E-state index contributed by atoms with van der Waals surface area (Å²) in [5.41, 5.74) is 0.392. The molecular formula is C15H19BrFNO. The third-order valence-electron chi connectivity index (χ3n) is 4.09. The topological polar surface area (TPSA) is 20.3 Å². The highest BCUT2D eigenvalue weighted by Gasteiger charge is 2.42. The Morgan fingerprint density at radius 3 is 2.47 bits per heavy atom. The zero-order chi connectivity index (χ0) is 14.0. The van der Waals surface area contributed by atoms with Gasteiger partial charge in [0.15, 0.2) is 5.78 Å². The molecular weight excluding hydrogens is 309 g/mol. The van der Waals surface area contributed by atoms with Crippen LogP contribution in [0, 0.1) is 5.82 Å². The van der Waals surface area contributed by atoms with Gasteiger partial charge in [0.1, 0.15) is 5.82 Å². The molecule has 1 saturated carbocycles. The van der Waals surface area contributed by atoms with E-state index < -0.39 is 0 Å². The van der Waals surface area contributed by atoms with E-state index in [1.807, 2.05) is 25.1 Å². The Morgan fingerprint density at radius 1 is 1.32 bits per heavy atom. The Kier molecular flexibility index (Phi) is 4.41. The maximum atomic E-state index is 13.4. The van der Waals surface area contributed by atoms with Gasteiger partial charge in [0.05, 0.1) is 5.54 Å². The van der Waals surface area contributed by atoms with Crippen molar-refractivity contribution >= 4 is 21.7 Å². The van der Waals surface area contributed by atoms with Gasteiger partial charge in [0, 0.05) is 10.9 Å². The first-order valence-electron chi connectivity index (χ1n) is 6.60. The zero-order valence-corrected chi connectivity index (χ0v) is 13.0. The maximum absolute atomic E-state index is 13.4. The molecule has 1 aliphatic carbocycles. The molecule has 0 amide bonds.